The van der Waals surface area contributed by atoms with E-state index in [1.807, 2.05) is 30.3 Å². The van der Waals surface area contributed by atoms with Crippen LogP contribution in [0.1, 0.15) is 54.9 Å². The molecule has 262 valence electrons. The van der Waals surface area contributed by atoms with Gasteiger partial charge in [0.1, 0.15) is 16.8 Å². The normalized spacial score (nSPS) is 43.1. The number of amides is 1. The first-order valence-corrected chi connectivity index (χ1v) is 17.8. The number of carbonyl (C=O) groups is 2. The van der Waals surface area contributed by atoms with Gasteiger partial charge in [-0.05, 0) is 56.0 Å². The van der Waals surface area contributed by atoms with Gasteiger partial charge >= 0.3 is 5.97 Å². The van der Waals surface area contributed by atoms with Gasteiger partial charge in [-0.25, -0.2) is 4.79 Å². The Labute approximate surface area is 287 Å². The minimum atomic E-state index is -1.50. The van der Waals surface area contributed by atoms with Crippen molar-refractivity contribution in [3.05, 3.63) is 71.8 Å². The van der Waals surface area contributed by atoms with Crippen LogP contribution < -0.4 is 5.32 Å². The zero-order chi connectivity index (χ0) is 34.3. The summed E-state index contributed by atoms with van der Waals surface area (Å²) in [6.07, 6.45) is 4.95. The van der Waals surface area contributed by atoms with Crippen LogP contribution in [0.5, 0.6) is 0 Å². The number of anilines is 1. The molecular formula is C39H48N2O8. The predicted octanol–water partition coefficient (Wildman–Crippen LogP) is 3.92. The second-order valence-corrected chi connectivity index (χ2v) is 15.2. The molecule has 1 aliphatic heterocycles. The van der Waals surface area contributed by atoms with Crippen molar-refractivity contribution in [2.45, 2.75) is 80.2 Å². The lowest BCUT2D eigenvalue weighted by Crippen LogP contribution is -2.83. The van der Waals surface area contributed by atoms with E-state index < -0.39 is 34.3 Å². The number of hydrogen-bond acceptors (Lipinski definition) is 9. The average molecular weight is 673 g/mol. The van der Waals surface area contributed by atoms with Crippen LogP contribution in [-0.4, -0.2) is 103 Å². The molecule has 5 aliphatic carbocycles. The number of nitrogens with one attached hydrogen (secondary N) is 1. The third-order valence-electron chi connectivity index (χ3n) is 13.8. The molecule has 2 aromatic carbocycles. The van der Waals surface area contributed by atoms with Crippen molar-refractivity contribution in [1.29, 1.82) is 0 Å². The molecule has 1 heterocycles. The number of aliphatic hydroxyl groups is 2. The van der Waals surface area contributed by atoms with Crippen LogP contribution in [0.25, 0.3) is 6.08 Å². The first kappa shape index (κ1) is 33.0. The number of piperidine rings is 1. The summed E-state index contributed by atoms with van der Waals surface area (Å²) < 4.78 is 25.3. The molecule has 0 unspecified atom stereocenters. The fourth-order valence-electron chi connectivity index (χ4n) is 12.3. The SMILES string of the molecule is CCN1C[C@]2(OC(=O)c3ccccc3NC(=O)/C=C/c3ccccc3)CC[C@H](OC)[C@]34[C@@H]1[C@H](C[C@H]23)[C@@]1(O)C[C@H](OC)[C@H]2C[C@@H]4[C@]1(O)[C@H]2OC. The predicted molar refractivity (Wildman–Crippen MR) is 181 cm³/mol. The summed E-state index contributed by atoms with van der Waals surface area (Å²) in [5.74, 6) is -1.74. The Kier molecular flexibility index (Phi) is 7.90. The molecule has 1 spiro atoms. The molecule has 12 atom stereocenters. The molecule has 10 heteroatoms. The summed E-state index contributed by atoms with van der Waals surface area (Å²) in [6, 6.07) is 16.4. The largest absolute Gasteiger partial charge is 0.454 e. The maximum atomic E-state index is 14.4. The highest BCUT2D eigenvalue weighted by Crippen LogP contribution is 2.79. The third kappa shape index (κ3) is 4.28. The number of methoxy groups -OCH3 is 3. The van der Waals surface area contributed by atoms with E-state index in [1.54, 1.807) is 51.7 Å². The quantitative estimate of drug-likeness (QED) is 0.269. The Morgan fingerprint density at radius 2 is 1.73 bits per heavy atom. The number of likely N-dealkylation sites (N-methyl/N-ethyl adjacent to an activating group) is 1. The molecule has 1 saturated heterocycles. The number of fused-ring (bicyclic) bond motifs is 2. The molecular weight excluding hydrogens is 624 g/mol. The van der Waals surface area contributed by atoms with E-state index in [4.69, 9.17) is 18.9 Å². The van der Waals surface area contributed by atoms with Gasteiger partial charge in [-0.2, -0.15) is 0 Å². The summed E-state index contributed by atoms with van der Waals surface area (Å²) in [4.78, 5) is 29.8. The van der Waals surface area contributed by atoms with Crippen molar-refractivity contribution in [2.24, 2.45) is 29.1 Å². The van der Waals surface area contributed by atoms with Gasteiger partial charge in [-0.15, -0.1) is 0 Å². The average Bonchev–Trinajstić information content (AvgIpc) is 3.54. The Morgan fingerprint density at radius 3 is 2.45 bits per heavy atom. The van der Waals surface area contributed by atoms with E-state index in [1.165, 1.54) is 6.08 Å². The van der Waals surface area contributed by atoms with Gasteiger partial charge < -0.3 is 34.5 Å². The van der Waals surface area contributed by atoms with E-state index in [9.17, 15) is 19.8 Å². The van der Waals surface area contributed by atoms with Crippen LogP contribution in [0.15, 0.2) is 60.7 Å². The van der Waals surface area contributed by atoms with E-state index in [0.29, 0.717) is 50.9 Å². The second kappa shape index (κ2) is 11.7. The number of para-hydroxylation sites is 1. The zero-order valence-corrected chi connectivity index (χ0v) is 28.7. The number of rotatable bonds is 9. The zero-order valence-electron chi connectivity index (χ0n) is 28.7. The lowest BCUT2D eigenvalue weighted by molar-refractivity contribution is -0.337. The van der Waals surface area contributed by atoms with Crippen LogP contribution in [0.3, 0.4) is 0 Å². The second-order valence-electron chi connectivity index (χ2n) is 15.2. The topological polar surface area (TPSA) is 127 Å². The number of likely N-dealkylation sites (tertiary alicyclic amines) is 1. The van der Waals surface area contributed by atoms with Crippen LogP contribution in [0, 0.1) is 29.1 Å². The fourth-order valence-corrected chi connectivity index (χ4v) is 12.3. The molecule has 10 nitrogen and oxygen atoms in total. The Morgan fingerprint density at radius 1 is 0.980 bits per heavy atom. The number of ether oxygens (including phenoxy) is 4. The summed E-state index contributed by atoms with van der Waals surface area (Å²) in [7, 11) is 5.06. The van der Waals surface area contributed by atoms with Crippen molar-refractivity contribution in [3.8, 4) is 0 Å². The van der Waals surface area contributed by atoms with E-state index in [2.05, 4.69) is 17.1 Å². The van der Waals surface area contributed by atoms with Crippen LogP contribution in [0.2, 0.25) is 0 Å². The maximum Gasteiger partial charge on any atom is 0.340 e. The van der Waals surface area contributed by atoms with Gasteiger partial charge in [0.25, 0.3) is 0 Å². The van der Waals surface area contributed by atoms with Crippen molar-refractivity contribution in [3.63, 3.8) is 0 Å². The monoisotopic (exact) mass is 672 g/mol. The van der Waals surface area contributed by atoms with Gasteiger partial charge in [0.15, 0.2) is 0 Å². The van der Waals surface area contributed by atoms with Gasteiger partial charge in [0.2, 0.25) is 5.91 Å². The van der Waals surface area contributed by atoms with Crippen LogP contribution in [-0.2, 0) is 23.7 Å². The number of nitrogens with zero attached hydrogens (tertiary/aromatic N) is 1. The summed E-state index contributed by atoms with van der Waals surface area (Å²) in [5.41, 5.74) is -2.86. The van der Waals surface area contributed by atoms with Gasteiger partial charge in [0, 0.05) is 75.5 Å². The highest BCUT2D eigenvalue weighted by Gasteiger charge is 2.89. The lowest BCUT2D eigenvalue weighted by atomic mass is 9.44. The van der Waals surface area contributed by atoms with Crippen LogP contribution in [0.4, 0.5) is 5.69 Å². The summed E-state index contributed by atoms with van der Waals surface area (Å²) in [5, 5.41) is 28.8. The van der Waals surface area contributed by atoms with Crippen molar-refractivity contribution >= 4 is 23.6 Å². The minimum Gasteiger partial charge on any atom is -0.454 e. The molecule has 6 fully saturated rings. The number of hydrogen-bond donors (Lipinski definition) is 3. The fraction of sp³-hybridized carbons (Fsp3) is 0.590. The highest BCUT2D eigenvalue weighted by molar-refractivity contribution is 6.06. The van der Waals surface area contributed by atoms with Gasteiger partial charge in [-0.3, -0.25) is 9.69 Å². The molecule has 2 aromatic rings. The first-order valence-electron chi connectivity index (χ1n) is 17.8. The third-order valence-corrected chi connectivity index (χ3v) is 13.8. The van der Waals surface area contributed by atoms with Gasteiger partial charge in [0.05, 0.1) is 29.6 Å². The molecule has 7 bridgehead atoms. The minimum absolute atomic E-state index is 0.0651. The molecule has 0 aromatic heterocycles. The Balaban J connectivity index is 1.17. The molecule has 8 rings (SSSR count). The van der Waals surface area contributed by atoms with Crippen LogP contribution >= 0.6 is 0 Å². The molecule has 1 amide bonds. The van der Waals surface area contributed by atoms with E-state index in [0.717, 1.165) is 5.56 Å². The molecule has 49 heavy (non-hydrogen) atoms. The Hall–Kier alpha value is -3.12. The molecule has 6 aliphatic rings. The Bertz CT molecular complexity index is 1650. The highest BCUT2D eigenvalue weighted by atomic mass is 16.6. The van der Waals surface area contributed by atoms with Gasteiger partial charge in [-0.1, -0.05) is 49.4 Å². The molecule has 3 N–H and O–H groups in total. The smallest absolute Gasteiger partial charge is 0.340 e. The summed E-state index contributed by atoms with van der Waals surface area (Å²) >= 11 is 0. The maximum absolute atomic E-state index is 14.4. The summed E-state index contributed by atoms with van der Waals surface area (Å²) in [6.45, 7) is 3.33. The van der Waals surface area contributed by atoms with Crippen molar-refractivity contribution in [2.75, 3.05) is 39.7 Å². The molecule has 0 radical (unpaired) electrons. The number of carbonyl (C=O) groups excluding carboxylic acids is 2. The van der Waals surface area contributed by atoms with Crippen molar-refractivity contribution < 1.29 is 38.7 Å². The number of esters is 1. The van der Waals surface area contributed by atoms with E-state index in [-0.39, 0.29) is 53.4 Å². The standard InChI is InChI=1S/C39H48N2O8/c1-5-41-22-36(49-35(43)24-13-9-10-14-27(24)40-32(42)16-15-23-11-7-6-8-12-23)18-17-31(47-3)38-29(36)20-26(33(38)41)37(44)21-28(46-2)25-19-30(38)39(37,45)34(25)48-4/h6-16,25-26,28-31,33-34,44-45H,5,17-22H2,1-4H3,(H,40,42)/b16-15+/t25-,26+,28+,29-,30+,31+,33+,34+,36-,37+,38+,39+/m1/s1. The van der Waals surface area contributed by atoms with E-state index >= 15 is 0 Å². The number of benzene rings is 2. The molecule has 5 saturated carbocycles. The van der Waals surface area contributed by atoms with Crippen molar-refractivity contribution in [1.82, 2.24) is 4.90 Å². The first-order chi connectivity index (χ1) is 23.6. The lowest BCUT2D eigenvalue weighted by Gasteiger charge is -2.70.